The fourth-order valence-electron chi connectivity index (χ4n) is 1.26. The van der Waals surface area contributed by atoms with Crippen molar-refractivity contribution in [1.82, 2.24) is 5.32 Å². The van der Waals surface area contributed by atoms with Gasteiger partial charge in [0.2, 0.25) is 0 Å². The summed E-state index contributed by atoms with van der Waals surface area (Å²) in [6, 6.07) is 7.86. The van der Waals surface area contributed by atoms with Gasteiger partial charge in [-0.3, -0.25) is 4.79 Å². The Labute approximate surface area is 88.7 Å². The molecule has 0 aliphatic carbocycles. The average molecular weight is 206 g/mol. The second-order valence-electron chi connectivity index (χ2n) is 3.58. The van der Waals surface area contributed by atoms with E-state index in [1.54, 1.807) is 24.3 Å². The molecule has 4 heteroatoms. The molecule has 0 fully saturated rings. The van der Waals surface area contributed by atoms with Gasteiger partial charge in [-0.2, -0.15) is 0 Å². The van der Waals surface area contributed by atoms with E-state index in [4.69, 9.17) is 0 Å². The molecule has 0 radical (unpaired) electrons. The fourth-order valence-corrected chi connectivity index (χ4v) is 1.26. The number of nitrogens with one attached hydrogen (secondary N) is 1. The van der Waals surface area contributed by atoms with Crippen LogP contribution in [0.5, 0.6) is 0 Å². The van der Waals surface area contributed by atoms with Gasteiger partial charge in [0.15, 0.2) is 6.04 Å². The van der Waals surface area contributed by atoms with Gasteiger partial charge in [-0.05, 0) is 19.4 Å². The zero-order valence-electron chi connectivity index (χ0n) is 8.81. The van der Waals surface area contributed by atoms with E-state index in [1.807, 2.05) is 19.9 Å². The largest absolute Gasteiger partial charge is 0.352 e. The van der Waals surface area contributed by atoms with Crippen molar-refractivity contribution in [2.24, 2.45) is 5.18 Å². The van der Waals surface area contributed by atoms with E-state index < -0.39 is 6.04 Å². The number of hydrogen-bond donors (Lipinski definition) is 1. The summed E-state index contributed by atoms with van der Waals surface area (Å²) in [5, 5.41) is 5.51. The summed E-state index contributed by atoms with van der Waals surface area (Å²) in [6.07, 6.45) is 0. The molecule has 1 N–H and O–H groups in total. The van der Waals surface area contributed by atoms with Crippen LogP contribution in [0.4, 0.5) is 0 Å². The van der Waals surface area contributed by atoms with Gasteiger partial charge in [0.05, 0.1) is 0 Å². The molecule has 0 spiro atoms. The quantitative estimate of drug-likeness (QED) is 0.766. The summed E-state index contributed by atoms with van der Waals surface area (Å²) in [4.78, 5) is 22.2. The number of rotatable bonds is 4. The fraction of sp³-hybridized carbons (Fsp3) is 0.364. The molecule has 0 heterocycles. The molecule has 1 rings (SSSR count). The van der Waals surface area contributed by atoms with Crippen LogP contribution in [0.2, 0.25) is 0 Å². The van der Waals surface area contributed by atoms with Crippen molar-refractivity contribution in [3.05, 3.63) is 40.8 Å². The van der Waals surface area contributed by atoms with Crippen LogP contribution >= 0.6 is 0 Å². The Hall–Kier alpha value is -1.71. The minimum absolute atomic E-state index is 0.00506. The van der Waals surface area contributed by atoms with Crippen molar-refractivity contribution in [2.45, 2.75) is 25.9 Å². The van der Waals surface area contributed by atoms with E-state index >= 15 is 0 Å². The summed E-state index contributed by atoms with van der Waals surface area (Å²) < 4.78 is 0. The van der Waals surface area contributed by atoms with Gasteiger partial charge in [0.25, 0.3) is 5.91 Å². The van der Waals surface area contributed by atoms with E-state index in [0.717, 1.165) is 0 Å². The zero-order chi connectivity index (χ0) is 11.3. The van der Waals surface area contributed by atoms with Gasteiger partial charge in [-0.25, -0.2) is 0 Å². The molecule has 0 bridgehead atoms. The van der Waals surface area contributed by atoms with E-state index in [2.05, 4.69) is 10.5 Å². The molecule has 0 saturated carbocycles. The minimum atomic E-state index is -0.950. The molecule has 0 aromatic heterocycles. The van der Waals surface area contributed by atoms with Gasteiger partial charge in [-0.15, -0.1) is 4.91 Å². The number of carbonyl (C=O) groups is 1. The maximum atomic E-state index is 11.6. The SMILES string of the molecule is CC(C)NC(=O)C(N=O)c1ccccc1. The predicted octanol–water partition coefficient (Wildman–Crippen LogP) is 2.02. The molecule has 80 valence electrons. The van der Waals surface area contributed by atoms with Crippen molar-refractivity contribution >= 4 is 5.91 Å². The summed E-state index contributed by atoms with van der Waals surface area (Å²) in [5.74, 6) is -0.355. The molecule has 1 aromatic rings. The lowest BCUT2D eigenvalue weighted by molar-refractivity contribution is -0.122. The highest BCUT2D eigenvalue weighted by molar-refractivity contribution is 5.83. The smallest absolute Gasteiger partial charge is 0.253 e. The van der Waals surface area contributed by atoms with Crippen molar-refractivity contribution in [1.29, 1.82) is 0 Å². The first kappa shape index (κ1) is 11.4. The van der Waals surface area contributed by atoms with Crippen molar-refractivity contribution in [3.63, 3.8) is 0 Å². The van der Waals surface area contributed by atoms with Crippen LogP contribution < -0.4 is 5.32 Å². The molecule has 1 aromatic carbocycles. The summed E-state index contributed by atoms with van der Waals surface area (Å²) in [6.45, 7) is 3.68. The van der Waals surface area contributed by atoms with Gasteiger partial charge in [-0.1, -0.05) is 35.5 Å². The molecular formula is C11H14N2O2. The van der Waals surface area contributed by atoms with Crippen LogP contribution in [0.15, 0.2) is 35.5 Å². The molecule has 1 amide bonds. The number of nitrogens with zero attached hydrogens (tertiary/aromatic N) is 1. The van der Waals surface area contributed by atoms with Gasteiger partial charge in [0, 0.05) is 6.04 Å². The zero-order valence-corrected chi connectivity index (χ0v) is 8.81. The first-order valence-corrected chi connectivity index (χ1v) is 4.83. The van der Waals surface area contributed by atoms with Crippen molar-refractivity contribution < 1.29 is 4.79 Å². The second kappa shape index (κ2) is 5.24. The van der Waals surface area contributed by atoms with Crippen molar-refractivity contribution in [3.8, 4) is 0 Å². The van der Waals surface area contributed by atoms with Crippen molar-refractivity contribution in [2.75, 3.05) is 0 Å². The first-order valence-electron chi connectivity index (χ1n) is 4.83. The third-order valence-electron chi connectivity index (χ3n) is 1.90. The average Bonchev–Trinajstić information content (AvgIpc) is 2.19. The molecule has 0 aliphatic rings. The summed E-state index contributed by atoms with van der Waals surface area (Å²) in [5.41, 5.74) is 0.616. The van der Waals surface area contributed by atoms with Crippen LogP contribution in [0.1, 0.15) is 25.5 Å². The second-order valence-corrected chi connectivity index (χ2v) is 3.58. The minimum Gasteiger partial charge on any atom is -0.352 e. The predicted molar refractivity (Wildman–Crippen MR) is 58.3 cm³/mol. The van der Waals surface area contributed by atoms with Crippen LogP contribution in [-0.4, -0.2) is 11.9 Å². The lowest BCUT2D eigenvalue weighted by atomic mass is 10.1. The molecule has 0 aliphatic heterocycles. The number of benzene rings is 1. The molecular weight excluding hydrogens is 192 g/mol. The normalized spacial score (nSPS) is 12.2. The maximum absolute atomic E-state index is 11.6. The third kappa shape index (κ3) is 3.16. The number of nitroso groups, excluding NO2 is 1. The van der Waals surface area contributed by atoms with Crippen LogP contribution in [0, 0.1) is 4.91 Å². The Kier molecular flexibility index (Phi) is 3.97. The van der Waals surface area contributed by atoms with Gasteiger partial charge < -0.3 is 5.32 Å². The standard InChI is InChI=1S/C11H14N2O2/c1-8(2)12-11(14)10(13-15)9-6-4-3-5-7-9/h3-8,10H,1-2H3,(H,12,14). The van der Waals surface area contributed by atoms with E-state index in [1.165, 1.54) is 0 Å². The summed E-state index contributed by atoms with van der Waals surface area (Å²) >= 11 is 0. The Morgan fingerprint density at radius 3 is 2.33 bits per heavy atom. The van der Waals surface area contributed by atoms with E-state index in [9.17, 15) is 9.70 Å². The monoisotopic (exact) mass is 206 g/mol. The molecule has 15 heavy (non-hydrogen) atoms. The first-order chi connectivity index (χ1) is 7.15. The molecule has 1 atom stereocenters. The third-order valence-corrected chi connectivity index (χ3v) is 1.90. The van der Waals surface area contributed by atoms with Crippen LogP contribution in [-0.2, 0) is 4.79 Å². The molecule has 1 unspecified atom stereocenters. The highest BCUT2D eigenvalue weighted by Gasteiger charge is 2.21. The lowest BCUT2D eigenvalue weighted by Gasteiger charge is -2.12. The topological polar surface area (TPSA) is 58.5 Å². The highest BCUT2D eigenvalue weighted by atomic mass is 16.3. The lowest BCUT2D eigenvalue weighted by Crippen LogP contribution is -2.33. The number of amides is 1. The Balaban J connectivity index is 2.81. The summed E-state index contributed by atoms with van der Waals surface area (Å²) in [7, 11) is 0. The maximum Gasteiger partial charge on any atom is 0.253 e. The van der Waals surface area contributed by atoms with Crippen LogP contribution in [0.3, 0.4) is 0 Å². The van der Waals surface area contributed by atoms with Gasteiger partial charge in [0.1, 0.15) is 0 Å². The molecule has 0 saturated heterocycles. The number of hydrogen-bond acceptors (Lipinski definition) is 3. The van der Waals surface area contributed by atoms with E-state index in [0.29, 0.717) is 5.56 Å². The molecule has 4 nitrogen and oxygen atoms in total. The Bertz CT molecular complexity index is 336. The Morgan fingerprint density at radius 1 is 1.27 bits per heavy atom. The number of carbonyl (C=O) groups excluding carboxylic acids is 1. The van der Waals surface area contributed by atoms with E-state index in [-0.39, 0.29) is 11.9 Å². The highest BCUT2D eigenvalue weighted by Crippen LogP contribution is 2.16. The Morgan fingerprint density at radius 2 is 1.87 bits per heavy atom. The van der Waals surface area contributed by atoms with Gasteiger partial charge >= 0.3 is 0 Å². The van der Waals surface area contributed by atoms with Crippen LogP contribution in [0.25, 0.3) is 0 Å².